The van der Waals surface area contributed by atoms with Crippen molar-refractivity contribution < 1.29 is 4.79 Å². The summed E-state index contributed by atoms with van der Waals surface area (Å²) in [4.78, 5) is 27.5. The largest absolute Gasteiger partial charge is 0.350 e. The highest BCUT2D eigenvalue weighted by Crippen LogP contribution is 2.25. The van der Waals surface area contributed by atoms with Gasteiger partial charge in [-0.05, 0) is 49.6 Å². The lowest BCUT2D eigenvalue weighted by Crippen LogP contribution is -2.24. The van der Waals surface area contributed by atoms with E-state index < -0.39 is 0 Å². The number of carbonyl (C=O) groups excluding carboxylic acids is 1. The number of aromatic nitrogens is 1. The minimum Gasteiger partial charge on any atom is -0.350 e. The maximum atomic E-state index is 12.8. The number of nitrogens with one attached hydrogen (secondary N) is 3. The van der Waals surface area contributed by atoms with Crippen LogP contribution in [0, 0.1) is 6.92 Å². The Balaban J connectivity index is 1.74. The zero-order chi connectivity index (χ0) is 19.5. The van der Waals surface area contributed by atoms with E-state index in [0.717, 1.165) is 53.9 Å². The summed E-state index contributed by atoms with van der Waals surface area (Å²) in [6.07, 6.45) is 6.32. The van der Waals surface area contributed by atoms with Crippen LogP contribution in [-0.4, -0.2) is 30.0 Å². The van der Waals surface area contributed by atoms with Crippen LogP contribution in [0.4, 0.5) is 0 Å². The summed E-state index contributed by atoms with van der Waals surface area (Å²) >= 11 is 0. The standard InChI is InChI=1S/C23H25N3O2/c1-15-2-4-16(5-3-15)20(14-18-6-9-22(27)25-18)21-8-7-19(23(28)26-21)17-10-12-24-13-11-17/h2-5,7-8,10,14,18,24H,6,9,11-13H2,1H3,(H,25,27)(H,26,28)/b20-14+/t18-/m1/s1. The van der Waals surface area contributed by atoms with Gasteiger partial charge >= 0.3 is 0 Å². The van der Waals surface area contributed by atoms with E-state index in [1.165, 1.54) is 5.56 Å². The third kappa shape index (κ3) is 3.99. The van der Waals surface area contributed by atoms with Gasteiger partial charge in [0.2, 0.25) is 5.91 Å². The van der Waals surface area contributed by atoms with Crippen LogP contribution in [0.2, 0.25) is 0 Å². The lowest BCUT2D eigenvalue weighted by molar-refractivity contribution is -0.119. The third-order valence-electron chi connectivity index (χ3n) is 5.37. The number of pyridine rings is 1. The van der Waals surface area contributed by atoms with E-state index in [-0.39, 0.29) is 17.5 Å². The molecular formula is C23H25N3O2. The Morgan fingerprint density at radius 2 is 1.89 bits per heavy atom. The number of rotatable bonds is 4. The van der Waals surface area contributed by atoms with E-state index in [2.05, 4.69) is 52.0 Å². The number of aromatic amines is 1. The molecule has 0 aliphatic carbocycles. The molecule has 1 fully saturated rings. The van der Waals surface area contributed by atoms with Crippen LogP contribution in [0.25, 0.3) is 11.1 Å². The second-order valence-corrected chi connectivity index (χ2v) is 7.46. The molecule has 2 aliphatic rings. The summed E-state index contributed by atoms with van der Waals surface area (Å²) in [5, 5.41) is 6.26. The van der Waals surface area contributed by atoms with Crippen LogP contribution >= 0.6 is 0 Å². The van der Waals surface area contributed by atoms with Crippen molar-refractivity contribution in [2.24, 2.45) is 0 Å². The Bertz CT molecular complexity index is 999. The minimum absolute atomic E-state index is 0.0147. The van der Waals surface area contributed by atoms with Gasteiger partial charge in [-0.2, -0.15) is 0 Å². The summed E-state index contributed by atoms with van der Waals surface area (Å²) in [6, 6.07) is 12.1. The van der Waals surface area contributed by atoms with Gasteiger partial charge in [0.25, 0.3) is 5.56 Å². The number of aryl methyl sites for hydroxylation is 1. The van der Waals surface area contributed by atoms with Crippen LogP contribution in [0.3, 0.4) is 0 Å². The molecule has 1 aromatic carbocycles. The summed E-state index contributed by atoms with van der Waals surface area (Å²) in [5.41, 5.74) is 5.68. The number of carbonyl (C=O) groups is 1. The first-order valence-corrected chi connectivity index (χ1v) is 9.82. The Morgan fingerprint density at radius 1 is 1.07 bits per heavy atom. The second-order valence-electron chi connectivity index (χ2n) is 7.46. The Kier molecular flexibility index (Phi) is 5.26. The molecule has 1 aromatic heterocycles. The van der Waals surface area contributed by atoms with Gasteiger partial charge in [-0.1, -0.05) is 42.0 Å². The molecule has 2 aromatic rings. The third-order valence-corrected chi connectivity index (χ3v) is 5.37. The van der Waals surface area contributed by atoms with Crippen molar-refractivity contribution in [2.45, 2.75) is 32.2 Å². The Morgan fingerprint density at radius 3 is 2.54 bits per heavy atom. The van der Waals surface area contributed by atoms with Gasteiger partial charge in [0, 0.05) is 35.8 Å². The first-order valence-electron chi connectivity index (χ1n) is 9.82. The van der Waals surface area contributed by atoms with Crippen LogP contribution in [0.15, 0.2) is 53.3 Å². The van der Waals surface area contributed by atoms with E-state index in [4.69, 9.17) is 0 Å². The number of benzene rings is 1. The average molecular weight is 375 g/mol. The molecule has 0 spiro atoms. The molecule has 144 valence electrons. The predicted molar refractivity (Wildman–Crippen MR) is 112 cm³/mol. The fourth-order valence-electron chi connectivity index (χ4n) is 3.79. The predicted octanol–water partition coefficient (Wildman–Crippen LogP) is 2.77. The van der Waals surface area contributed by atoms with E-state index in [9.17, 15) is 9.59 Å². The highest BCUT2D eigenvalue weighted by molar-refractivity contribution is 5.82. The molecule has 0 bridgehead atoms. The van der Waals surface area contributed by atoms with Crippen LogP contribution in [0.1, 0.15) is 41.6 Å². The molecule has 28 heavy (non-hydrogen) atoms. The molecule has 0 radical (unpaired) electrons. The maximum Gasteiger partial charge on any atom is 0.255 e. The van der Waals surface area contributed by atoms with Crippen molar-refractivity contribution >= 4 is 17.1 Å². The average Bonchev–Trinajstić information content (AvgIpc) is 3.12. The highest BCUT2D eigenvalue weighted by Gasteiger charge is 2.20. The summed E-state index contributed by atoms with van der Waals surface area (Å²) in [5.74, 6) is 0.0752. The lowest BCUT2D eigenvalue weighted by atomic mass is 9.96. The monoisotopic (exact) mass is 375 g/mol. The van der Waals surface area contributed by atoms with Crippen molar-refractivity contribution in [1.29, 1.82) is 0 Å². The van der Waals surface area contributed by atoms with E-state index in [0.29, 0.717) is 6.42 Å². The summed E-state index contributed by atoms with van der Waals surface area (Å²) in [6.45, 7) is 3.74. The van der Waals surface area contributed by atoms with Gasteiger partial charge in [0.05, 0.1) is 0 Å². The molecular weight excluding hydrogens is 350 g/mol. The smallest absolute Gasteiger partial charge is 0.255 e. The fourth-order valence-corrected chi connectivity index (χ4v) is 3.79. The highest BCUT2D eigenvalue weighted by atomic mass is 16.2. The zero-order valence-corrected chi connectivity index (χ0v) is 16.0. The topological polar surface area (TPSA) is 74.0 Å². The number of H-pyrrole nitrogens is 1. The quantitative estimate of drug-likeness (QED) is 0.769. The van der Waals surface area contributed by atoms with Gasteiger partial charge in [-0.15, -0.1) is 0 Å². The minimum atomic E-state index is -0.0703. The molecule has 1 atom stereocenters. The summed E-state index contributed by atoms with van der Waals surface area (Å²) < 4.78 is 0. The van der Waals surface area contributed by atoms with Crippen molar-refractivity contribution in [3.05, 3.63) is 81.3 Å². The normalized spacial score (nSPS) is 20.0. The zero-order valence-electron chi connectivity index (χ0n) is 16.0. The SMILES string of the molecule is Cc1ccc(/C(=C\[C@H]2CCC(=O)N2)c2ccc(C3=CCNCC3)c(=O)[nH]2)cc1. The number of amides is 1. The maximum absolute atomic E-state index is 12.8. The van der Waals surface area contributed by atoms with Gasteiger partial charge < -0.3 is 15.6 Å². The Hall–Kier alpha value is -2.92. The van der Waals surface area contributed by atoms with Crippen LogP contribution in [0.5, 0.6) is 0 Å². The van der Waals surface area contributed by atoms with Crippen molar-refractivity contribution in [3.8, 4) is 0 Å². The molecule has 2 aliphatic heterocycles. The van der Waals surface area contributed by atoms with Gasteiger partial charge in [-0.25, -0.2) is 0 Å². The molecule has 4 rings (SSSR count). The number of hydrogen-bond acceptors (Lipinski definition) is 3. The van der Waals surface area contributed by atoms with Crippen molar-refractivity contribution in [3.63, 3.8) is 0 Å². The fraction of sp³-hybridized carbons (Fsp3) is 0.304. The van der Waals surface area contributed by atoms with E-state index >= 15 is 0 Å². The Labute approximate surface area is 164 Å². The molecule has 1 amide bonds. The van der Waals surface area contributed by atoms with Gasteiger partial charge in [0.1, 0.15) is 0 Å². The van der Waals surface area contributed by atoms with E-state index in [1.54, 1.807) is 0 Å². The molecule has 5 heteroatoms. The summed E-state index contributed by atoms with van der Waals surface area (Å²) in [7, 11) is 0. The molecule has 5 nitrogen and oxygen atoms in total. The molecule has 0 unspecified atom stereocenters. The lowest BCUT2D eigenvalue weighted by Gasteiger charge is -2.15. The van der Waals surface area contributed by atoms with Crippen molar-refractivity contribution in [1.82, 2.24) is 15.6 Å². The first-order chi connectivity index (χ1) is 13.6. The van der Waals surface area contributed by atoms with Crippen LogP contribution < -0.4 is 16.2 Å². The molecule has 3 N–H and O–H groups in total. The first kappa shape index (κ1) is 18.4. The molecule has 1 saturated heterocycles. The number of hydrogen-bond donors (Lipinski definition) is 3. The second kappa shape index (κ2) is 7.98. The van der Waals surface area contributed by atoms with Crippen molar-refractivity contribution in [2.75, 3.05) is 13.1 Å². The van der Waals surface area contributed by atoms with Gasteiger partial charge in [-0.3, -0.25) is 9.59 Å². The molecule has 0 saturated carbocycles. The van der Waals surface area contributed by atoms with Gasteiger partial charge in [0.15, 0.2) is 0 Å². The van der Waals surface area contributed by atoms with Crippen LogP contribution in [-0.2, 0) is 4.79 Å². The molecule has 3 heterocycles. The van der Waals surface area contributed by atoms with E-state index in [1.807, 2.05) is 19.1 Å².